The van der Waals surface area contributed by atoms with E-state index in [9.17, 15) is 8.78 Å². The van der Waals surface area contributed by atoms with Crippen LogP contribution in [-0.4, -0.2) is 13.7 Å². The Morgan fingerprint density at radius 1 is 1.31 bits per heavy atom. The monoisotopic (exact) mass is 229 g/mol. The smallest absolute Gasteiger partial charge is 0.264 e. The van der Waals surface area contributed by atoms with E-state index in [2.05, 4.69) is 0 Å². The van der Waals surface area contributed by atoms with E-state index in [1.165, 1.54) is 13.2 Å². The van der Waals surface area contributed by atoms with Gasteiger partial charge in [0.05, 0.1) is 7.11 Å². The first-order valence-electron chi connectivity index (χ1n) is 5.34. The number of nitrogens with two attached hydrogens (primary N) is 1. The van der Waals surface area contributed by atoms with Crippen LogP contribution in [0.3, 0.4) is 0 Å². The molecule has 2 nitrogen and oxygen atoms in total. The van der Waals surface area contributed by atoms with Gasteiger partial charge in [0.2, 0.25) is 0 Å². The van der Waals surface area contributed by atoms with Crippen molar-refractivity contribution >= 4 is 0 Å². The summed E-state index contributed by atoms with van der Waals surface area (Å²) in [6.07, 6.45) is -0.235. The third-order valence-corrected chi connectivity index (χ3v) is 2.51. The number of halogens is 2. The Hall–Kier alpha value is -1.16. The summed E-state index contributed by atoms with van der Waals surface area (Å²) < 4.78 is 30.6. The molecule has 2 N–H and O–H groups in total. The van der Waals surface area contributed by atoms with Gasteiger partial charge >= 0.3 is 0 Å². The van der Waals surface area contributed by atoms with Gasteiger partial charge in [-0.1, -0.05) is 12.1 Å². The van der Waals surface area contributed by atoms with Crippen molar-refractivity contribution in [1.29, 1.82) is 0 Å². The van der Waals surface area contributed by atoms with E-state index >= 15 is 0 Å². The van der Waals surface area contributed by atoms with Crippen LogP contribution in [-0.2, 0) is 6.42 Å². The van der Waals surface area contributed by atoms with Crippen LogP contribution < -0.4 is 10.5 Å². The van der Waals surface area contributed by atoms with Crippen LogP contribution in [0.25, 0.3) is 0 Å². The van der Waals surface area contributed by atoms with E-state index in [-0.39, 0.29) is 5.56 Å². The molecule has 0 unspecified atom stereocenters. The molecule has 90 valence electrons. The summed E-state index contributed by atoms with van der Waals surface area (Å²) >= 11 is 0. The van der Waals surface area contributed by atoms with Crippen LogP contribution in [0.5, 0.6) is 5.75 Å². The van der Waals surface area contributed by atoms with E-state index in [0.29, 0.717) is 24.3 Å². The topological polar surface area (TPSA) is 35.2 Å². The van der Waals surface area contributed by atoms with Crippen molar-refractivity contribution in [2.45, 2.75) is 25.7 Å². The summed E-state index contributed by atoms with van der Waals surface area (Å²) in [4.78, 5) is 0. The van der Waals surface area contributed by atoms with Crippen molar-refractivity contribution in [3.8, 4) is 5.75 Å². The van der Waals surface area contributed by atoms with Crippen molar-refractivity contribution in [2.24, 2.45) is 5.73 Å². The van der Waals surface area contributed by atoms with Gasteiger partial charge in [0, 0.05) is 11.1 Å². The lowest BCUT2D eigenvalue weighted by molar-refractivity contribution is 0.149. The molecule has 0 aromatic heterocycles. The summed E-state index contributed by atoms with van der Waals surface area (Å²) in [5.41, 5.74) is 6.05. The predicted octanol–water partition coefficient (Wildman–Crippen LogP) is 2.91. The number of benzene rings is 1. The van der Waals surface area contributed by atoms with Gasteiger partial charge in [0.15, 0.2) is 0 Å². The molecule has 0 fully saturated rings. The largest absolute Gasteiger partial charge is 0.496 e. The maximum atomic E-state index is 12.8. The fraction of sp³-hybridized carbons (Fsp3) is 0.500. The fourth-order valence-corrected chi connectivity index (χ4v) is 1.69. The predicted molar refractivity (Wildman–Crippen MR) is 59.9 cm³/mol. The normalized spacial score (nSPS) is 10.8. The van der Waals surface area contributed by atoms with Crippen molar-refractivity contribution in [1.82, 2.24) is 0 Å². The van der Waals surface area contributed by atoms with E-state index in [0.717, 1.165) is 12.8 Å². The van der Waals surface area contributed by atoms with E-state index in [4.69, 9.17) is 10.5 Å². The van der Waals surface area contributed by atoms with Crippen LogP contribution >= 0.6 is 0 Å². The Kier molecular flexibility index (Phi) is 5.19. The molecular weight excluding hydrogens is 212 g/mol. The van der Waals surface area contributed by atoms with Gasteiger partial charge in [-0.3, -0.25) is 0 Å². The molecule has 1 aromatic carbocycles. The number of rotatable bonds is 6. The van der Waals surface area contributed by atoms with Crippen molar-refractivity contribution in [3.63, 3.8) is 0 Å². The van der Waals surface area contributed by atoms with Crippen molar-refractivity contribution in [2.75, 3.05) is 13.7 Å². The highest BCUT2D eigenvalue weighted by Gasteiger charge is 2.15. The quantitative estimate of drug-likeness (QED) is 0.761. The Labute approximate surface area is 94.4 Å². The Balaban J connectivity index is 2.91. The molecule has 0 saturated carbocycles. The van der Waals surface area contributed by atoms with Gasteiger partial charge in [-0.2, -0.15) is 0 Å². The molecule has 1 rings (SSSR count). The van der Waals surface area contributed by atoms with Gasteiger partial charge in [0.1, 0.15) is 5.75 Å². The molecule has 0 saturated heterocycles. The molecule has 0 amide bonds. The standard InChI is InChI=1S/C12H17F2NO/c1-16-11-7-4-6-10(12(13)14)9(11)5-2-3-8-15/h4,6-7,12H,2-3,5,8,15H2,1H3. The summed E-state index contributed by atoms with van der Waals surface area (Å²) in [7, 11) is 1.50. The zero-order valence-electron chi connectivity index (χ0n) is 9.38. The molecule has 0 radical (unpaired) electrons. The SMILES string of the molecule is COc1cccc(C(F)F)c1CCCCN. The molecular formula is C12H17F2NO. The van der Waals surface area contributed by atoms with E-state index in [1.807, 2.05) is 0 Å². The molecule has 0 spiro atoms. The molecule has 0 bridgehead atoms. The lowest BCUT2D eigenvalue weighted by atomic mass is 10.0. The molecule has 0 aliphatic rings. The summed E-state index contributed by atoms with van der Waals surface area (Å²) in [5.74, 6) is 0.537. The van der Waals surface area contributed by atoms with Crippen LogP contribution in [0, 0.1) is 0 Å². The second-order valence-corrected chi connectivity index (χ2v) is 3.57. The lowest BCUT2D eigenvalue weighted by Gasteiger charge is -2.13. The molecule has 0 heterocycles. The minimum absolute atomic E-state index is 0.0661. The molecule has 0 atom stereocenters. The van der Waals surface area contributed by atoms with Gasteiger partial charge in [-0.05, 0) is 31.9 Å². The number of methoxy groups -OCH3 is 1. The van der Waals surface area contributed by atoms with Gasteiger partial charge in [-0.15, -0.1) is 0 Å². The first-order chi connectivity index (χ1) is 7.70. The second kappa shape index (κ2) is 6.43. The van der Waals surface area contributed by atoms with Crippen LogP contribution in [0.2, 0.25) is 0 Å². The minimum Gasteiger partial charge on any atom is -0.496 e. The van der Waals surface area contributed by atoms with Crippen molar-refractivity contribution in [3.05, 3.63) is 29.3 Å². The fourth-order valence-electron chi connectivity index (χ4n) is 1.69. The molecule has 16 heavy (non-hydrogen) atoms. The minimum atomic E-state index is -2.46. The van der Waals surface area contributed by atoms with Crippen LogP contribution in [0.15, 0.2) is 18.2 Å². The number of hydrogen-bond donors (Lipinski definition) is 1. The van der Waals surface area contributed by atoms with Crippen LogP contribution in [0.4, 0.5) is 8.78 Å². The molecule has 0 aliphatic heterocycles. The van der Waals surface area contributed by atoms with Gasteiger partial charge in [0.25, 0.3) is 6.43 Å². The first kappa shape index (κ1) is 12.9. The maximum Gasteiger partial charge on any atom is 0.264 e. The number of alkyl halides is 2. The lowest BCUT2D eigenvalue weighted by Crippen LogP contribution is -2.02. The highest BCUT2D eigenvalue weighted by molar-refractivity contribution is 5.41. The maximum absolute atomic E-state index is 12.8. The Morgan fingerprint density at radius 3 is 2.62 bits per heavy atom. The average Bonchev–Trinajstić information content (AvgIpc) is 2.29. The summed E-state index contributed by atoms with van der Waals surface area (Å²) in [6.45, 7) is 0.583. The van der Waals surface area contributed by atoms with Crippen molar-refractivity contribution < 1.29 is 13.5 Å². The highest BCUT2D eigenvalue weighted by atomic mass is 19.3. The number of unbranched alkanes of at least 4 members (excludes halogenated alkanes) is 1. The summed E-state index contributed by atoms with van der Waals surface area (Å²) in [5, 5.41) is 0. The number of hydrogen-bond acceptors (Lipinski definition) is 2. The van der Waals surface area contributed by atoms with Crippen LogP contribution in [0.1, 0.15) is 30.4 Å². The third kappa shape index (κ3) is 3.17. The Morgan fingerprint density at radius 2 is 2.06 bits per heavy atom. The Bertz CT molecular complexity index is 329. The van der Waals surface area contributed by atoms with E-state index in [1.54, 1.807) is 12.1 Å². The van der Waals surface area contributed by atoms with Gasteiger partial charge in [-0.25, -0.2) is 8.78 Å². The third-order valence-electron chi connectivity index (χ3n) is 2.51. The first-order valence-corrected chi connectivity index (χ1v) is 5.34. The molecule has 0 aliphatic carbocycles. The van der Waals surface area contributed by atoms with Gasteiger partial charge < -0.3 is 10.5 Å². The zero-order chi connectivity index (χ0) is 12.0. The summed E-state index contributed by atoms with van der Waals surface area (Å²) in [6, 6.07) is 4.75. The average molecular weight is 229 g/mol. The van der Waals surface area contributed by atoms with E-state index < -0.39 is 6.43 Å². The molecule has 4 heteroatoms. The zero-order valence-corrected chi connectivity index (χ0v) is 9.38. The number of ether oxygens (including phenoxy) is 1. The molecule has 1 aromatic rings. The highest BCUT2D eigenvalue weighted by Crippen LogP contribution is 2.30. The second-order valence-electron chi connectivity index (χ2n) is 3.57.